The van der Waals surface area contributed by atoms with Crippen LogP contribution in [0.5, 0.6) is 0 Å². The molecule has 5 heteroatoms. The summed E-state index contributed by atoms with van der Waals surface area (Å²) in [4.78, 5) is 12.0. The highest BCUT2D eigenvalue weighted by Crippen LogP contribution is 2.38. The average Bonchev–Trinajstić information content (AvgIpc) is 2.60. The first-order valence-electron chi connectivity index (χ1n) is 6.59. The Morgan fingerprint density at radius 1 is 1.21 bits per heavy atom. The monoisotopic (exact) mass is 261 g/mol. The molecule has 102 valence electrons. The van der Waals surface area contributed by atoms with Crippen molar-refractivity contribution < 1.29 is 14.1 Å². The van der Waals surface area contributed by atoms with E-state index in [9.17, 15) is 4.79 Å². The van der Waals surface area contributed by atoms with Crippen LogP contribution in [-0.2, 0) is 9.31 Å². The van der Waals surface area contributed by atoms with Crippen LogP contribution in [0.4, 0.5) is 0 Å². The SMILES string of the molecule is CCC1(C)OB(NC(=O)c2ccccc2)OC1(C)C. The van der Waals surface area contributed by atoms with Gasteiger partial charge >= 0.3 is 7.25 Å². The molecule has 2 rings (SSSR count). The molecule has 1 unspecified atom stereocenters. The van der Waals surface area contributed by atoms with Crippen molar-refractivity contribution in [3.63, 3.8) is 0 Å². The zero-order valence-electron chi connectivity index (χ0n) is 11.9. The number of carbonyl (C=O) groups excluding carboxylic acids is 1. The minimum atomic E-state index is -0.701. The Morgan fingerprint density at radius 3 is 2.37 bits per heavy atom. The molecule has 1 aliphatic rings. The summed E-state index contributed by atoms with van der Waals surface area (Å²) < 4.78 is 11.6. The first kappa shape index (κ1) is 14.1. The first-order valence-corrected chi connectivity index (χ1v) is 6.59. The van der Waals surface area contributed by atoms with Crippen molar-refractivity contribution in [1.29, 1.82) is 0 Å². The van der Waals surface area contributed by atoms with Crippen molar-refractivity contribution in [2.75, 3.05) is 0 Å². The highest BCUT2D eigenvalue weighted by molar-refractivity contribution is 6.47. The molecule has 0 saturated carbocycles. The van der Waals surface area contributed by atoms with Gasteiger partial charge in [-0.05, 0) is 39.3 Å². The number of nitrogens with one attached hydrogen (secondary N) is 1. The van der Waals surface area contributed by atoms with E-state index in [4.69, 9.17) is 9.31 Å². The van der Waals surface area contributed by atoms with E-state index in [1.807, 2.05) is 45.9 Å². The van der Waals surface area contributed by atoms with Gasteiger partial charge in [-0.25, -0.2) is 0 Å². The smallest absolute Gasteiger partial charge is 0.384 e. The van der Waals surface area contributed by atoms with Crippen LogP contribution in [-0.4, -0.2) is 24.4 Å². The van der Waals surface area contributed by atoms with Gasteiger partial charge in [0.1, 0.15) is 0 Å². The minimum absolute atomic E-state index is 0.193. The van der Waals surface area contributed by atoms with Gasteiger partial charge in [-0.3, -0.25) is 4.79 Å². The molecule has 1 aromatic rings. The highest BCUT2D eigenvalue weighted by Gasteiger charge is 2.54. The summed E-state index contributed by atoms with van der Waals surface area (Å²) in [6.45, 7) is 8.00. The molecule has 0 radical (unpaired) electrons. The Balaban J connectivity index is 2.05. The zero-order chi connectivity index (χ0) is 14.1. The third-order valence-electron chi connectivity index (χ3n) is 4.00. The molecule has 0 spiro atoms. The zero-order valence-corrected chi connectivity index (χ0v) is 11.9. The fourth-order valence-electron chi connectivity index (χ4n) is 2.14. The van der Waals surface area contributed by atoms with Gasteiger partial charge in [-0.2, -0.15) is 0 Å². The van der Waals surface area contributed by atoms with Crippen LogP contribution in [0.2, 0.25) is 0 Å². The second-order valence-corrected chi connectivity index (χ2v) is 5.50. The third-order valence-corrected chi connectivity index (χ3v) is 4.00. The lowest BCUT2D eigenvalue weighted by Gasteiger charge is -2.35. The Hall–Kier alpha value is -1.33. The molecular weight excluding hydrogens is 241 g/mol. The lowest BCUT2D eigenvalue weighted by molar-refractivity contribution is -0.0119. The Bertz CT molecular complexity index is 463. The number of rotatable bonds is 3. The molecule has 1 fully saturated rings. The maximum atomic E-state index is 12.0. The van der Waals surface area contributed by atoms with Crippen molar-refractivity contribution in [1.82, 2.24) is 5.23 Å². The molecule has 1 saturated heterocycles. The van der Waals surface area contributed by atoms with Crippen molar-refractivity contribution in [2.45, 2.75) is 45.3 Å². The van der Waals surface area contributed by atoms with E-state index in [0.717, 1.165) is 6.42 Å². The number of amides is 1. The number of carbonyl (C=O) groups is 1. The summed E-state index contributed by atoms with van der Waals surface area (Å²) >= 11 is 0. The molecule has 0 aliphatic carbocycles. The van der Waals surface area contributed by atoms with Gasteiger partial charge in [0.2, 0.25) is 5.91 Å². The molecule has 0 aromatic heterocycles. The van der Waals surface area contributed by atoms with Gasteiger partial charge < -0.3 is 14.5 Å². The van der Waals surface area contributed by atoms with Crippen LogP contribution in [0.3, 0.4) is 0 Å². The van der Waals surface area contributed by atoms with E-state index < -0.39 is 18.5 Å². The van der Waals surface area contributed by atoms with Gasteiger partial charge in [-0.15, -0.1) is 0 Å². The maximum absolute atomic E-state index is 12.0. The van der Waals surface area contributed by atoms with Crippen LogP contribution in [0.25, 0.3) is 0 Å². The lowest BCUT2D eigenvalue weighted by Crippen LogP contribution is -2.44. The molecule has 1 heterocycles. The Labute approximate surface area is 114 Å². The summed E-state index contributed by atoms with van der Waals surface area (Å²) in [5, 5.41) is 2.76. The fourth-order valence-corrected chi connectivity index (χ4v) is 2.14. The summed E-state index contributed by atoms with van der Waals surface area (Å²) in [5.74, 6) is -0.193. The summed E-state index contributed by atoms with van der Waals surface area (Å²) in [6, 6.07) is 9.04. The van der Waals surface area contributed by atoms with E-state index in [2.05, 4.69) is 5.23 Å². The van der Waals surface area contributed by atoms with Gasteiger partial charge in [0.05, 0.1) is 11.2 Å². The normalized spacial score (nSPS) is 25.4. The van der Waals surface area contributed by atoms with Crippen LogP contribution < -0.4 is 5.23 Å². The van der Waals surface area contributed by atoms with Crippen LogP contribution in [0.15, 0.2) is 30.3 Å². The van der Waals surface area contributed by atoms with Gasteiger partial charge in [0, 0.05) is 5.56 Å². The topological polar surface area (TPSA) is 47.6 Å². The van der Waals surface area contributed by atoms with Crippen LogP contribution in [0.1, 0.15) is 44.5 Å². The molecule has 4 nitrogen and oxygen atoms in total. The second-order valence-electron chi connectivity index (χ2n) is 5.50. The molecule has 1 N–H and O–H groups in total. The van der Waals surface area contributed by atoms with E-state index >= 15 is 0 Å². The number of hydrogen-bond acceptors (Lipinski definition) is 3. The summed E-state index contributed by atoms with van der Waals surface area (Å²) in [5.41, 5.74) is -0.240. The van der Waals surface area contributed by atoms with Gasteiger partial charge in [0.25, 0.3) is 0 Å². The average molecular weight is 261 g/mol. The van der Waals surface area contributed by atoms with Crippen molar-refractivity contribution in [3.05, 3.63) is 35.9 Å². The maximum Gasteiger partial charge on any atom is 0.594 e. The predicted octanol–water partition coefficient (Wildman–Crippen LogP) is 2.40. The van der Waals surface area contributed by atoms with E-state index in [1.165, 1.54) is 0 Å². The molecule has 1 aliphatic heterocycles. The van der Waals surface area contributed by atoms with Crippen molar-refractivity contribution >= 4 is 13.2 Å². The molecule has 19 heavy (non-hydrogen) atoms. The van der Waals surface area contributed by atoms with E-state index in [-0.39, 0.29) is 5.91 Å². The first-order chi connectivity index (χ1) is 8.88. The quantitative estimate of drug-likeness (QED) is 0.850. The molecule has 0 bridgehead atoms. The molecular formula is C14H20BNO3. The Kier molecular flexibility index (Phi) is 3.70. The van der Waals surface area contributed by atoms with Crippen LogP contribution in [0, 0.1) is 0 Å². The molecule has 1 aromatic carbocycles. The Morgan fingerprint density at radius 2 is 1.84 bits per heavy atom. The van der Waals surface area contributed by atoms with E-state index in [1.54, 1.807) is 12.1 Å². The number of hydrogen-bond donors (Lipinski definition) is 1. The lowest BCUT2D eigenvalue weighted by atomic mass is 9.86. The summed E-state index contributed by atoms with van der Waals surface area (Å²) in [6.07, 6.45) is 0.817. The van der Waals surface area contributed by atoms with E-state index in [0.29, 0.717) is 5.56 Å². The summed E-state index contributed by atoms with van der Waals surface area (Å²) in [7, 11) is -0.701. The second kappa shape index (κ2) is 4.98. The fraction of sp³-hybridized carbons (Fsp3) is 0.500. The largest absolute Gasteiger partial charge is 0.594 e. The number of benzene rings is 1. The van der Waals surface area contributed by atoms with Gasteiger partial charge in [0.15, 0.2) is 0 Å². The molecule has 1 amide bonds. The van der Waals surface area contributed by atoms with Crippen molar-refractivity contribution in [2.24, 2.45) is 0 Å². The van der Waals surface area contributed by atoms with Gasteiger partial charge in [-0.1, -0.05) is 25.1 Å². The molecule has 1 atom stereocenters. The standard InChI is InChI=1S/C14H20BNO3/c1-5-14(4)13(2,3)18-15(19-14)16-12(17)11-9-7-6-8-10-11/h6-10H,5H2,1-4H3,(H,16,17). The minimum Gasteiger partial charge on any atom is -0.384 e. The highest BCUT2D eigenvalue weighted by atomic mass is 16.7. The van der Waals surface area contributed by atoms with Crippen LogP contribution >= 0.6 is 0 Å². The predicted molar refractivity (Wildman–Crippen MR) is 74.6 cm³/mol. The third kappa shape index (κ3) is 2.67. The van der Waals surface area contributed by atoms with Crippen molar-refractivity contribution in [3.8, 4) is 0 Å².